The van der Waals surface area contributed by atoms with Gasteiger partial charge in [0.15, 0.2) is 5.69 Å². The maximum atomic E-state index is 13.8. The highest BCUT2D eigenvalue weighted by molar-refractivity contribution is 5.94. The Kier molecular flexibility index (Phi) is 4.82. The largest absolute Gasteiger partial charge is 0.501 e. The van der Waals surface area contributed by atoms with Crippen LogP contribution in [0.5, 0.6) is 5.75 Å². The van der Waals surface area contributed by atoms with Gasteiger partial charge in [-0.25, -0.2) is 19.0 Å². The van der Waals surface area contributed by atoms with Crippen LogP contribution in [0.4, 0.5) is 4.39 Å². The van der Waals surface area contributed by atoms with Gasteiger partial charge >= 0.3 is 0 Å². The topological polar surface area (TPSA) is 124 Å². The SMILES string of the molecule is CC1(C)OCCn2c1nc(C(=O)NCc1cc(F)ccc1-n1cncn1)c(O)c2=O. The molecule has 156 valence electrons. The fourth-order valence-corrected chi connectivity index (χ4v) is 3.34. The van der Waals surface area contributed by atoms with Crippen LogP contribution in [-0.4, -0.2) is 41.9 Å². The molecule has 0 atom stereocenters. The van der Waals surface area contributed by atoms with Crippen molar-refractivity contribution in [2.45, 2.75) is 32.5 Å². The third-order valence-corrected chi connectivity index (χ3v) is 4.82. The number of ether oxygens (including phenoxy) is 1. The van der Waals surface area contributed by atoms with E-state index in [9.17, 15) is 19.1 Å². The van der Waals surface area contributed by atoms with Crippen molar-refractivity contribution in [3.63, 3.8) is 0 Å². The van der Waals surface area contributed by atoms with E-state index < -0.39 is 34.3 Å². The first-order valence-electron chi connectivity index (χ1n) is 9.18. The van der Waals surface area contributed by atoms with E-state index in [0.717, 1.165) is 0 Å². The highest BCUT2D eigenvalue weighted by atomic mass is 19.1. The molecule has 1 aliphatic rings. The Labute approximate surface area is 170 Å². The van der Waals surface area contributed by atoms with Gasteiger partial charge in [0.1, 0.15) is 29.9 Å². The van der Waals surface area contributed by atoms with Gasteiger partial charge in [0, 0.05) is 6.54 Å². The second kappa shape index (κ2) is 7.34. The number of aromatic nitrogens is 5. The molecule has 3 heterocycles. The normalized spacial score (nSPS) is 14.9. The standard InChI is InChI=1S/C19H19FN6O4/c1-19(2)18-24-14(15(27)17(29)25(18)5-6-30-19)16(28)22-8-11-7-12(20)3-4-13(11)26-10-21-9-23-26/h3-4,7,9-10,27H,5-6,8H2,1-2H3,(H,22,28). The molecule has 4 rings (SSSR count). The summed E-state index contributed by atoms with van der Waals surface area (Å²) in [6.07, 6.45) is 2.77. The van der Waals surface area contributed by atoms with Crippen LogP contribution < -0.4 is 10.9 Å². The molecule has 0 saturated heterocycles. The first-order chi connectivity index (χ1) is 14.3. The lowest BCUT2D eigenvalue weighted by Crippen LogP contribution is -2.42. The van der Waals surface area contributed by atoms with Crippen LogP contribution in [0, 0.1) is 5.82 Å². The summed E-state index contributed by atoms with van der Waals surface area (Å²) in [5.41, 5.74) is -1.08. The number of rotatable bonds is 4. The number of halogens is 1. The molecule has 2 aromatic heterocycles. The van der Waals surface area contributed by atoms with Gasteiger partial charge in [0.25, 0.3) is 11.5 Å². The monoisotopic (exact) mass is 414 g/mol. The minimum Gasteiger partial charge on any atom is -0.501 e. The number of carbonyl (C=O) groups excluding carboxylic acids is 1. The Hall–Kier alpha value is -3.60. The third kappa shape index (κ3) is 3.43. The van der Waals surface area contributed by atoms with Crippen molar-refractivity contribution in [1.29, 1.82) is 0 Å². The Balaban J connectivity index is 1.64. The molecule has 1 amide bonds. The molecule has 11 heteroatoms. The van der Waals surface area contributed by atoms with Gasteiger partial charge in [-0.05, 0) is 37.6 Å². The molecule has 0 saturated carbocycles. The van der Waals surface area contributed by atoms with Crippen LogP contribution in [-0.2, 0) is 23.4 Å². The molecule has 2 N–H and O–H groups in total. The lowest BCUT2D eigenvalue weighted by molar-refractivity contribution is -0.0566. The minimum absolute atomic E-state index is 0.0920. The highest BCUT2D eigenvalue weighted by Crippen LogP contribution is 2.27. The van der Waals surface area contributed by atoms with Crippen molar-refractivity contribution in [3.8, 4) is 11.4 Å². The van der Waals surface area contributed by atoms with E-state index in [1.54, 1.807) is 13.8 Å². The summed E-state index contributed by atoms with van der Waals surface area (Å²) in [5.74, 6) is -1.77. The van der Waals surface area contributed by atoms with E-state index in [4.69, 9.17) is 4.74 Å². The van der Waals surface area contributed by atoms with Crippen LogP contribution in [0.1, 0.15) is 35.7 Å². The number of carbonyl (C=O) groups is 1. The summed E-state index contributed by atoms with van der Waals surface area (Å²) in [5, 5.41) is 16.8. The van der Waals surface area contributed by atoms with Gasteiger partial charge < -0.3 is 15.2 Å². The minimum atomic E-state index is -0.900. The van der Waals surface area contributed by atoms with Crippen molar-refractivity contribution in [1.82, 2.24) is 29.6 Å². The maximum absolute atomic E-state index is 13.8. The number of nitrogens with one attached hydrogen (secondary N) is 1. The zero-order valence-corrected chi connectivity index (χ0v) is 16.3. The van der Waals surface area contributed by atoms with Crippen LogP contribution in [0.2, 0.25) is 0 Å². The summed E-state index contributed by atoms with van der Waals surface area (Å²) in [7, 11) is 0. The van der Waals surface area contributed by atoms with E-state index in [0.29, 0.717) is 11.3 Å². The number of fused-ring (bicyclic) bond motifs is 1. The number of hydrogen-bond donors (Lipinski definition) is 2. The molecular weight excluding hydrogens is 395 g/mol. The predicted octanol–water partition coefficient (Wildman–Crippen LogP) is 0.864. The number of amides is 1. The molecule has 0 spiro atoms. The van der Waals surface area contributed by atoms with E-state index in [1.807, 2.05) is 0 Å². The van der Waals surface area contributed by atoms with Crippen molar-refractivity contribution >= 4 is 5.91 Å². The van der Waals surface area contributed by atoms with Crippen molar-refractivity contribution in [2.75, 3.05) is 6.61 Å². The van der Waals surface area contributed by atoms with Crippen LogP contribution in [0.3, 0.4) is 0 Å². The number of nitrogens with zero attached hydrogens (tertiary/aromatic N) is 5. The smallest absolute Gasteiger partial charge is 0.296 e. The van der Waals surface area contributed by atoms with Crippen LogP contribution >= 0.6 is 0 Å². The highest BCUT2D eigenvalue weighted by Gasteiger charge is 2.34. The number of benzene rings is 1. The van der Waals surface area contributed by atoms with Gasteiger partial charge in [0.05, 0.1) is 18.8 Å². The molecular formula is C19H19FN6O4. The zero-order chi connectivity index (χ0) is 21.5. The first-order valence-corrected chi connectivity index (χ1v) is 9.18. The average Bonchev–Trinajstić information content (AvgIpc) is 3.23. The van der Waals surface area contributed by atoms with Crippen molar-refractivity contribution in [3.05, 3.63) is 64.1 Å². The Morgan fingerprint density at radius 3 is 2.93 bits per heavy atom. The molecule has 10 nitrogen and oxygen atoms in total. The fourth-order valence-electron chi connectivity index (χ4n) is 3.34. The summed E-state index contributed by atoms with van der Waals surface area (Å²) in [6, 6.07) is 4.03. The number of hydrogen-bond acceptors (Lipinski definition) is 7. The van der Waals surface area contributed by atoms with Crippen molar-refractivity contribution < 1.29 is 19.0 Å². The van der Waals surface area contributed by atoms with Gasteiger partial charge in [-0.2, -0.15) is 5.10 Å². The summed E-state index contributed by atoms with van der Waals surface area (Å²) in [6.45, 7) is 3.87. The Morgan fingerprint density at radius 1 is 1.40 bits per heavy atom. The molecule has 1 aromatic carbocycles. The first kappa shape index (κ1) is 19.7. The van der Waals surface area contributed by atoms with Crippen LogP contribution in [0.15, 0.2) is 35.6 Å². The molecule has 3 aromatic rings. The molecule has 1 aliphatic heterocycles. The van der Waals surface area contributed by atoms with Crippen molar-refractivity contribution in [2.24, 2.45) is 0 Å². The summed E-state index contributed by atoms with van der Waals surface area (Å²) >= 11 is 0. The van der Waals surface area contributed by atoms with Gasteiger partial charge in [-0.3, -0.25) is 14.2 Å². The van der Waals surface area contributed by atoms with Crippen LogP contribution in [0.25, 0.3) is 5.69 Å². The second-order valence-electron chi connectivity index (χ2n) is 7.24. The fraction of sp³-hybridized carbons (Fsp3) is 0.316. The maximum Gasteiger partial charge on any atom is 0.296 e. The summed E-state index contributed by atoms with van der Waals surface area (Å²) < 4.78 is 22.1. The average molecular weight is 414 g/mol. The molecule has 0 aliphatic carbocycles. The lowest BCUT2D eigenvalue weighted by Gasteiger charge is -2.32. The molecule has 30 heavy (non-hydrogen) atoms. The predicted molar refractivity (Wildman–Crippen MR) is 102 cm³/mol. The number of aromatic hydroxyl groups is 1. The van der Waals surface area contributed by atoms with E-state index in [-0.39, 0.29) is 25.5 Å². The van der Waals surface area contributed by atoms with Gasteiger partial charge in [0.2, 0.25) is 5.75 Å². The van der Waals surface area contributed by atoms with E-state index in [1.165, 1.54) is 40.1 Å². The van der Waals surface area contributed by atoms with E-state index in [2.05, 4.69) is 20.4 Å². The third-order valence-electron chi connectivity index (χ3n) is 4.82. The zero-order valence-electron chi connectivity index (χ0n) is 16.3. The molecule has 0 fully saturated rings. The molecule has 0 bridgehead atoms. The van der Waals surface area contributed by atoms with Gasteiger partial charge in [-0.1, -0.05) is 0 Å². The summed E-state index contributed by atoms with van der Waals surface area (Å²) in [4.78, 5) is 33.3. The Bertz CT molecular complexity index is 1170. The lowest BCUT2D eigenvalue weighted by atomic mass is 10.1. The Morgan fingerprint density at radius 2 is 2.20 bits per heavy atom. The van der Waals surface area contributed by atoms with E-state index >= 15 is 0 Å². The van der Waals surface area contributed by atoms with Gasteiger partial charge in [-0.15, -0.1) is 0 Å². The molecule has 0 radical (unpaired) electrons. The quantitative estimate of drug-likeness (QED) is 0.649. The molecule has 0 unspecified atom stereocenters. The second-order valence-corrected chi connectivity index (χ2v) is 7.24.